The summed E-state index contributed by atoms with van der Waals surface area (Å²) in [5.74, 6) is 0.524. The van der Waals surface area contributed by atoms with Crippen LogP contribution in [0.4, 0.5) is 5.82 Å². The first-order chi connectivity index (χ1) is 9.13. The number of imidazole rings is 1. The maximum absolute atomic E-state index is 11.5. The van der Waals surface area contributed by atoms with E-state index in [1.54, 1.807) is 10.8 Å². The molecule has 0 fully saturated rings. The van der Waals surface area contributed by atoms with E-state index in [1.165, 1.54) is 7.11 Å². The van der Waals surface area contributed by atoms with Crippen LogP contribution in [-0.4, -0.2) is 27.6 Å². The van der Waals surface area contributed by atoms with Gasteiger partial charge in [-0.05, 0) is 25.0 Å². The number of aryl methyl sites for hydroxylation is 2. The summed E-state index contributed by atoms with van der Waals surface area (Å²) in [4.78, 5) is 19.7. The summed E-state index contributed by atoms with van der Waals surface area (Å²) in [5.41, 5.74) is 7.21. The van der Waals surface area contributed by atoms with E-state index in [1.807, 2.05) is 25.3 Å². The van der Waals surface area contributed by atoms with E-state index in [4.69, 9.17) is 5.73 Å². The lowest BCUT2D eigenvalue weighted by molar-refractivity contribution is 0.0595. The number of hydrogen-bond donors (Lipinski definition) is 1. The maximum atomic E-state index is 11.5. The first-order valence-corrected chi connectivity index (χ1v) is 5.93. The summed E-state index contributed by atoms with van der Waals surface area (Å²) < 4.78 is 6.45. The number of hydrogen-bond acceptors (Lipinski definition) is 5. The van der Waals surface area contributed by atoms with Gasteiger partial charge in [0.25, 0.3) is 0 Å². The highest BCUT2D eigenvalue weighted by atomic mass is 16.5. The number of ether oxygens (including phenoxy) is 1. The lowest BCUT2D eigenvalue weighted by Crippen LogP contribution is -2.10. The molecule has 0 saturated carbocycles. The number of esters is 1. The van der Waals surface area contributed by atoms with Crippen molar-refractivity contribution < 1.29 is 9.53 Å². The number of nitrogens with two attached hydrogens (primary N) is 1. The Morgan fingerprint density at radius 3 is 2.95 bits per heavy atom. The van der Waals surface area contributed by atoms with Gasteiger partial charge in [0.1, 0.15) is 11.6 Å². The summed E-state index contributed by atoms with van der Waals surface area (Å²) in [7, 11) is 1.31. The van der Waals surface area contributed by atoms with Crippen LogP contribution in [0.1, 0.15) is 21.9 Å². The molecule has 0 amide bonds. The van der Waals surface area contributed by atoms with Gasteiger partial charge in [0.15, 0.2) is 5.69 Å². The normalized spacial score (nSPS) is 10.4. The zero-order valence-electron chi connectivity index (χ0n) is 11.0. The second kappa shape index (κ2) is 5.51. The average molecular weight is 260 g/mol. The topological polar surface area (TPSA) is 83.0 Å². The van der Waals surface area contributed by atoms with Gasteiger partial charge < -0.3 is 15.0 Å². The minimum absolute atomic E-state index is 0.172. The number of rotatable bonds is 4. The Balaban J connectivity index is 2.17. The molecule has 0 aromatic carbocycles. The maximum Gasteiger partial charge on any atom is 0.360 e. The van der Waals surface area contributed by atoms with Crippen molar-refractivity contribution >= 4 is 11.8 Å². The van der Waals surface area contributed by atoms with Crippen molar-refractivity contribution in [1.29, 1.82) is 0 Å². The zero-order chi connectivity index (χ0) is 13.8. The Kier molecular flexibility index (Phi) is 3.79. The van der Waals surface area contributed by atoms with Crippen LogP contribution >= 0.6 is 0 Å². The second-order valence-electron chi connectivity index (χ2n) is 4.15. The Bertz CT molecular complexity index is 578. The molecule has 2 aromatic heterocycles. The minimum atomic E-state index is -0.513. The largest absolute Gasteiger partial charge is 0.464 e. The Morgan fingerprint density at radius 1 is 1.53 bits per heavy atom. The van der Waals surface area contributed by atoms with Gasteiger partial charge in [-0.3, -0.25) is 4.98 Å². The van der Waals surface area contributed by atoms with Gasteiger partial charge in [0, 0.05) is 18.9 Å². The van der Waals surface area contributed by atoms with Crippen LogP contribution in [0.5, 0.6) is 0 Å². The molecular formula is C13H16N4O2. The molecule has 0 aliphatic carbocycles. The first kappa shape index (κ1) is 13.1. The predicted octanol–water partition coefficient (Wildman–Crippen LogP) is 1.20. The van der Waals surface area contributed by atoms with Gasteiger partial charge in [-0.2, -0.15) is 0 Å². The fourth-order valence-corrected chi connectivity index (χ4v) is 1.90. The fraction of sp³-hybridized carbons (Fsp3) is 0.308. The molecule has 2 rings (SSSR count). The standard InChI is InChI=1S/C13H16N4O2/c1-9-16-11(13(18)19-2)12(14)17(9)7-5-10-4-3-6-15-8-10/h3-4,6,8H,5,7,14H2,1-2H3. The molecule has 0 aliphatic rings. The van der Waals surface area contributed by atoms with Crippen LogP contribution in [0.2, 0.25) is 0 Å². The van der Waals surface area contributed by atoms with Gasteiger partial charge >= 0.3 is 5.97 Å². The van der Waals surface area contributed by atoms with E-state index in [-0.39, 0.29) is 5.69 Å². The molecular weight excluding hydrogens is 244 g/mol. The molecule has 0 aliphatic heterocycles. The lowest BCUT2D eigenvalue weighted by atomic mass is 10.2. The smallest absolute Gasteiger partial charge is 0.360 e. The summed E-state index contributed by atoms with van der Waals surface area (Å²) >= 11 is 0. The molecule has 0 unspecified atom stereocenters. The number of nitrogens with zero attached hydrogens (tertiary/aromatic N) is 3. The number of carbonyl (C=O) groups is 1. The van der Waals surface area contributed by atoms with Crippen molar-refractivity contribution in [1.82, 2.24) is 14.5 Å². The molecule has 6 heteroatoms. The van der Waals surface area contributed by atoms with Crippen LogP contribution < -0.4 is 5.73 Å². The Morgan fingerprint density at radius 2 is 2.32 bits per heavy atom. The summed E-state index contributed by atoms with van der Waals surface area (Å²) in [6.45, 7) is 2.46. The van der Waals surface area contributed by atoms with E-state index >= 15 is 0 Å². The van der Waals surface area contributed by atoms with Gasteiger partial charge in [0.2, 0.25) is 0 Å². The highest BCUT2D eigenvalue weighted by molar-refractivity contribution is 5.92. The van der Waals surface area contributed by atoms with E-state index in [0.29, 0.717) is 18.2 Å². The van der Waals surface area contributed by atoms with Crippen LogP contribution in [0.25, 0.3) is 0 Å². The number of pyridine rings is 1. The number of anilines is 1. The lowest BCUT2D eigenvalue weighted by Gasteiger charge is -2.07. The Hall–Kier alpha value is -2.37. The summed E-state index contributed by atoms with van der Waals surface area (Å²) in [6.07, 6.45) is 4.31. The van der Waals surface area contributed by atoms with Crippen LogP contribution in [0.15, 0.2) is 24.5 Å². The first-order valence-electron chi connectivity index (χ1n) is 5.93. The van der Waals surface area contributed by atoms with E-state index in [0.717, 1.165) is 12.0 Å². The number of aromatic nitrogens is 3. The third-order valence-electron chi connectivity index (χ3n) is 2.92. The number of nitrogen functional groups attached to an aromatic ring is 1. The highest BCUT2D eigenvalue weighted by Crippen LogP contribution is 2.16. The SMILES string of the molecule is COC(=O)c1nc(C)n(CCc2cccnc2)c1N. The predicted molar refractivity (Wildman–Crippen MR) is 70.7 cm³/mol. The van der Waals surface area contributed by atoms with Crippen LogP contribution in [0.3, 0.4) is 0 Å². The van der Waals surface area contributed by atoms with Gasteiger partial charge in [-0.25, -0.2) is 9.78 Å². The van der Waals surface area contributed by atoms with Crippen molar-refractivity contribution in [3.8, 4) is 0 Å². The molecule has 2 N–H and O–H groups in total. The van der Waals surface area contributed by atoms with Crippen LogP contribution in [-0.2, 0) is 17.7 Å². The molecule has 0 spiro atoms. The molecule has 0 radical (unpaired) electrons. The molecule has 2 aromatic rings. The fourth-order valence-electron chi connectivity index (χ4n) is 1.90. The third kappa shape index (κ3) is 2.73. The molecule has 100 valence electrons. The third-order valence-corrected chi connectivity index (χ3v) is 2.92. The average Bonchev–Trinajstić information content (AvgIpc) is 2.72. The molecule has 19 heavy (non-hydrogen) atoms. The molecule has 0 atom stereocenters. The van der Waals surface area contributed by atoms with Crippen molar-refractivity contribution in [3.05, 3.63) is 41.6 Å². The van der Waals surface area contributed by atoms with E-state index < -0.39 is 5.97 Å². The summed E-state index contributed by atoms with van der Waals surface area (Å²) in [6, 6.07) is 3.88. The molecule has 6 nitrogen and oxygen atoms in total. The van der Waals surface area contributed by atoms with Crippen LogP contribution in [0, 0.1) is 6.92 Å². The minimum Gasteiger partial charge on any atom is -0.464 e. The van der Waals surface area contributed by atoms with Crippen molar-refractivity contribution in [2.24, 2.45) is 0 Å². The molecule has 2 heterocycles. The van der Waals surface area contributed by atoms with Gasteiger partial charge in [0.05, 0.1) is 7.11 Å². The monoisotopic (exact) mass is 260 g/mol. The quantitative estimate of drug-likeness (QED) is 0.835. The molecule has 0 saturated heterocycles. The van der Waals surface area contributed by atoms with Crippen molar-refractivity contribution in [2.75, 3.05) is 12.8 Å². The highest BCUT2D eigenvalue weighted by Gasteiger charge is 2.18. The van der Waals surface area contributed by atoms with E-state index in [2.05, 4.69) is 14.7 Å². The van der Waals surface area contributed by atoms with E-state index in [9.17, 15) is 4.79 Å². The zero-order valence-corrected chi connectivity index (χ0v) is 11.0. The van der Waals surface area contributed by atoms with Crippen molar-refractivity contribution in [2.45, 2.75) is 19.9 Å². The summed E-state index contributed by atoms with van der Waals surface area (Å²) in [5, 5.41) is 0. The van der Waals surface area contributed by atoms with Crippen molar-refractivity contribution in [3.63, 3.8) is 0 Å². The Labute approximate surface area is 111 Å². The molecule has 0 bridgehead atoms. The number of carbonyl (C=O) groups excluding carboxylic acids is 1. The van der Waals surface area contributed by atoms with Gasteiger partial charge in [-0.15, -0.1) is 0 Å². The van der Waals surface area contributed by atoms with Gasteiger partial charge in [-0.1, -0.05) is 6.07 Å². The second-order valence-corrected chi connectivity index (χ2v) is 4.15. The number of methoxy groups -OCH3 is 1.